The lowest BCUT2D eigenvalue weighted by molar-refractivity contribution is 0.102. The van der Waals surface area contributed by atoms with Crippen molar-refractivity contribution < 1.29 is 4.79 Å². The molecule has 0 saturated carbocycles. The number of rotatable bonds is 8. The summed E-state index contributed by atoms with van der Waals surface area (Å²) in [4.78, 5) is 21.3. The van der Waals surface area contributed by atoms with E-state index < -0.39 is 0 Å². The van der Waals surface area contributed by atoms with Crippen molar-refractivity contribution in [2.24, 2.45) is 5.92 Å². The average molecular weight is 405 g/mol. The van der Waals surface area contributed by atoms with Gasteiger partial charge in [-0.1, -0.05) is 32.4 Å². The molecule has 1 heterocycles. The Morgan fingerprint density at radius 2 is 1.83 bits per heavy atom. The van der Waals surface area contributed by atoms with Crippen molar-refractivity contribution in [3.8, 4) is 0 Å². The van der Waals surface area contributed by atoms with Crippen molar-refractivity contribution in [2.75, 3.05) is 28.2 Å². The fourth-order valence-corrected chi connectivity index (χ4v) is 2.81. The molecule has 30 heavy (non-hydrogen) atoms. The Bertz CT molecular complexity index is 1000. The number of anilines is 5. The van der Waals surface area contributed by atoms with Crippen LogP contribution < -0.4 is 21.7 Å². The minimum absolute atomic E-state index is 0.195. The first-order valence-corrected chi connectivity index (χ1v) is 10.0. The van der Waals surface area contributed by atoms with Gasteiger partial charge in [-0.15, -0.1) is 0 Å². The molecule has 0 radical (unpaired) electrons. The van der Waals surface area contributed by atoms with E-state index in [4.69, 9.17) is 5.73 Å². The van der Waals surface area contributed by atoms with Crippen molar-refractivity contribution in [3.63, 3.8) is 0 Å². The monoisotopic (exact) mass is 404 g/mol. The summed E-state index contributed by atoms with van der Waals surface area (Å²) >= 11 is 0. The summed E-state index contributed by atoms with van der Waals surface area (Å²) in [6, 6.07) is 13.1. The van der Waals surface area contributed by atoms with E-state index in [1.165, 1.54) is 0 Å². The Hall–Kier alpha value is -3.61. The molecule has 1 atom stereocenters. The Morgan fingerprint density at radius 3 is 2.53 bits per heavy atom. The van der Waals surface area contributed by atoms with Crippen LogP contribution in [0.15, 0.2) is 54.9 Å². The first-order valence-electron chi connectivity index (χ1n) is 10.0. The third kappa shape index (κ3) is 5.70. The van der Waals surface area contributed by atoms with Crippen LogP contribution in [0.1, 0.15) is 36.2 Å². The second kappa shape index (κ2) is 9.73. The summed E-state index contributed by atoms with van der Waals surface area (Å²) in [6.07, 6.45) is 4.24. The van der Waals surface area contributed by atoms with Crippen LogP contribution in [0, 0.1) is 12.8 Å². The Labute approximate surface area is 177 Å². The highest BCUT2D eigenvalue weighted by molar-refractivity contribution is 6.05. The van der Waals surface area contributed by atoms with Gasteiger partial charge in [0.05, 0.1) is 18.1 Å². The smallest absolute Gasteiger partial charge is 0.256 e. The van der Waals surface area contributed by atoms with Gasteiger partial charge in [-0.2, -0.15) is 0 Å². The van der Waals surface area contributed by atoms with Crippen LogP contribution >= 0.6 is 0 Å². The van der Waals surface area contributed by atoms with E-state index in [0.29, 0.717) is 28.8 Å². The first-order chi connectivity index (χ1) is 14.4. The van der Waals surface area contributed by atoms with Crippen LogP contribution in [0.25, 0.3) is 0 Å². The second-order valence-corrected chi connectivity index (χ2v) is 7.42. The molecule has 1 unspecified atom stereocenters. The topological polar surface area (TPSA) is 105 Å². The number of carbonyl (C=O) groups is 1. The Kier molecular flexibility index (Phi) is 6.85. The van der Waals surface area contributed by atoms with Crippen molar-refractivity contribution in [1.29, 1.82) is 0 Å². The molecule has 0 aliphatic carbocycles. The quantitative estimate of drug-likeness (QED) is 0.401. The minimum atomic E-state index is -0.195. The molecule has 1 amide bonds. The second-order valence-electron chi connectivity index (χ2n) is 7.42. The summed E-state index contributed by atoms with van der Waals surface area (Å²) < 4.78 is 0. The van der Waals surface area contributed by atoms with Gasteiger partial charge in [0.1, 0.15) is 0 Å². The highest BCUT2D eigenvalue weighted by Gasteiger charge is 2.11. The van der Waals surface area contributed by atoms with Gasteiger partial charge in [0.25, 0.3) is 5.91 Å². The number of hydrogen-bond acceptors (Lipinski definition) is 6. The van der Waals surface area contributed by atoms with Gasteiger partial charge >= 0.3 is 0 Å². The van der Waals surface area contributed by atoms with Crippen LogP contribution in [0.5, 0.6) is 0 Å². The van der Waals surface area contributed by atoms with Crippen LogP contribution in [0.4, 0.5) is 28.7 Å². The molecule has 0 bridgehead atoms. The van der Waals surface area contributed by atoms with Crippen molar-refractivity contribution in [3.05, 3.63) is 66.0 Å². The molecule has 2 aromatic carbocycles. The number of carbonyl (C=O) groups excluding carboxylic acids is 1. The molecule has 7 nitrogen and oxygen atoms in total. The number of benzene rings is 2. The van der Waals surface area contributed by atoms with E-state index in [9.17, 15) is 4.79 Å². The van der Waals surface area contributed by atoms with Crippen molar-refractivity contribution in [2.45, 2.75) is 27.2 Å². The molecule has 0 saturated heterocycles. The Balaban J connectivity index is 1.65. The van der Waals surface area contributed by atoms with Crippen LogP contribution in [-0.4, -0.2) is 22.4 Å². The molecule has 3 aromatic rings. The SMILES string of the molecule is CCC(C)CNc1ccc(C)c(C(=O)Nc2cnc(Nc3cccc(N)c3)nc2)c1. The number of aromatic nitrogens is 2. The lowest BCUT2D eigenvalue weighted by Crippen LogP contribution is -2.15. The molecule has 5 N–H and O–H groups in total. The molecule has 156 valence electrons. The molecule has 7 heteroatoms. The fraction of sp³-hybridized carbons (Fsp3) is 0.261. The summed E-state index contributed by atoms with van der Waals surface area (Å²) in [5.74, 6) is 0.797. The van der Waals surface area contributed by atoms with E-state index in [2.05, 4.69) is 39.8 Å². The van der Waals surface area contributed by atoms with E-state index in [-0.39, 0.29) is 5.91 Å². The van der Waals surface area contributed by atoms with Crippen molar-refractivity contribution in [1.82, 2.24) is 9.97 Å². The zero-order chi connectivity index (χ0) is 21.5. The Morgan fingerprint density at radius 1 is 1.07 bits per heavy atom. The largest absolute Gasteiger partial charge is 0.399 e. The predicted octanol–water partition coefficient (Wildman–Crippen LogP) is 4.82. The van der Waals surface area contributed by atoms with E-state index in [1.807, 2.05) is 43.3 Å². The molecule has 0 aliphatic heterocycles. The number of nitrogens with one attached hydrogen (secondary N) is 3. The molecule has 0 spiro atoms. The van der Waals surface area contributed by atoms with Gasteiger partial charge in [-0.3, -0.25) is 4.79 Å². The summed E-state index contributed by atoms with van der Waals surface area (Å²) in [7, 11) is 0. The minimum Gasteiger partial charge on any atom is -0.399 e. The molecule has 0 aliphatic rings. The highest BCUT2D eigenvalue weighted by Crippen LogP contribution is 2.19. The molecule has 3 rings (SSSR count). The highest BCUT2D eigenvalue weighted by atomic mass is 16.1. The predicted molar refractivity (Wildman–Crippen MR) is 123 cm³/mol. The molecule has 0 fully saturated rings. The number of amides is 1. The number of nitrogens with two attached hydrogens (primary N) is 1. The van der Waals surface area contributed by atoms with Gasteiger partial charge in [-0.25, -0.2) is 9.97 Å². The normalized spacial score (nSPS) is 11.6. The van der Waals surface area contributed by atoms with E-state index >= 15 is 0 Å². The van der Waals surface area contributed by atoms with Gasteiger partial charge in [0.2, 0.25) is 5.95 Å². The zero-order valence-electron chi connectivity index (χ0n) is 17.6. The van der Waals surface area contributed by atoms with E-state index in [0.717, 1.165) is 29.9 Å². The number of nitrogen functional groups attached to an aromatic ring is 1. The maximum Gasteiger partial charge on any atom is 0.256 e. The van der Waals surface area contributed by atoms with Crippen molar-refractivity contribution >= 4 is 34.6 Å². The fourth-order valence-electron chi connectivity index (χ4n) is 2.81. The zero-order valence-corrected chi connectivity index (χ0v) is 17.6. The number of hydrogen-bond donors (Lipinski definition) is 4. The molecular weight excluding hydrogens is 376 g/mol. The summed E-state index contributed by atoms with van der Waals surface area (Å²) in [5.41, 5.74) is 10.2. The van der Waals surface area contributed by atoms with Crippen LogP contribution in [0.2, 0.25) is 0 Å². The average Bonchev–Trinajstić information content (AvgIpc) is 2.74. The van der Waals surface area contributed by atoms with Gasteiger partial charge in [-0.05, 0) is 48.7 Å². The lowest BCUT2D eigenvalue weighted by Gasteiger charge is -2.14. The third-order valence-electron chi connectivity index (χ3n) is 4.89. The maximum atomic E-state index is 12.8. The summed E-state index contributed by atoms with van der Waals surface area (Å²) in [6.45, 7) is 7.15. The molecule has 1 aromatic heterocycles. The lowest BCUT2D eigenvalue weighted by atomic mass is 10.1. The van der Waals surface area contributed by atoms with Gasteiger partial charge < -0.3 is 21.7 Å². The van der Waals surface area contributed by atoms with E-state index in [1.54, 1.807) is 18.5 Å². The van der Waals surface area contributed by atoms with Crippen LogP contribution in [-0.2, 0) is 0 Å². The summed E-state index contributed by atoms with van der Waals surface area (Å²) in [5, 5.41) is 9.34. The third-order valence-corrected chi connectivity index (χ3v) is 4.89. The number of aryl methyl sites for hydroxylation is 1. The first kappa shape index (κ1) is 21.1. The standard InChI is InChI=1S/C23H28N6O/c1-4-15(2)12-25-18-9-8-16(3)21(11-18)22(30)28-20-13-26-23(27-14-20)29-19-7-5-6-17(24)10-19/h5-11,13-15,25H,4,12,24H2,1-3H3,(H,28,30)(H,26,27,29). The molecular formula is C23H28N6O. The maximum absolute atomic E-state index is 12.8. The van der Waals surface area contributed by atoms with Gasteiger partial charge in [0, 0.05) is 29.2 Å². The number of nitrogens with zero attached hydrogens (tertiary/aromatic N) is 2. The van der Waals surface area contributed by atoms with Crippen LogP contribution in [0.3, 0.4) is 0 Å². The van der Waals surface area contributed by atoms with Gasteiger partial charge in [0.15, 0.2) is 0 Å².